The fourth-order valence-electron chi connectivity index (χ4n) is 2.63. The van der Waals surface area contributed by atoms with Crippen LogP contribution in [0.1, 0.15) is 17.5 Å². The summed E-state index contributed by atoms with van der Waals surface area (Å²) in [5.74, 6) is 0.861. The van der Waals surface area contributed by atoms with Gasteiger partial charge in [0.25, 0.3) is 0 Å². The summed E-state index contributed by atoms with van der Waals surface area (Å²) in [4.78, 5) is 0. The number of nitrogens with one attached hydrogen (secondary N) is 1. The van der Waals surface area contributed by atoms with Crippen LogP contribution in [0.3, 0.4) is 0 Å². The van der Waals surface area contributed by atoms with Gasteiger partial charge in [0.1, 0.15) is 12.4 Å². The highest BCUT2D eigenvalue weighted by molar-refractivity contribution is 5.26. The average Bonchev–Trinajstić information content (AvgIpc) is 3.41. The molecule has 1 fully saturated rings. The first-order valence-electron chi connectivity index (χ1n) is 8.62. The summed E-state index contributed by atoms with van der Waals surface area (Å²) >= 11 is 0. The van der Waals surface area contributed by atoms with Gasteiger partial charge in [0, 0.05) is 12.1 Å². The summed E-state index contributed by atoms with van der Waals surface area (Å²) in [5.41, 5.74) is 2.34. The van der Waals surface area contributed by atoms with Gasteiger partial charge in [0.15, 0.2) is 0 Å². The lowest BCUT2D eigenvalue weighted by Crippen LogP contribution is -2.05. The maximum Gasteiger partial charge on any atom is 0.118 e. The van der Waals surface area contributed by atoms with E-state index in [2.05, 4.69) is 23.5 Å². The van der Waals surface area contributed by atoms with Crippen LogP contribution in [0, 0.1) is 0 Å². The fraction of sp³-hybridized carbons (Fsp3) is 0.333. The van der Waals surface area contributed by atoms with Crippen LogP contribution in [0.15, 0.2) is 66.9 Å². The third-order valence-corrected chi connectivity index (χ3v) is 4.21. The molecule has 132 valence electrons. The topological polar surface area (TPSA) is 49.6 Å². The second kappa shape index (κ2) is 9.25. The molecule has 1 saturated heterocycles. The second-order valence-corrected chi connectivity index (χ2v) is 6.15. The summed E-state index contributed by atoms with van der Waals surface area (Å²) in [5, 5.41) is 3.43. The van der Waals surface area contributed by atoms with Crippen LogP contribution in [0.25, 0.3) is 0 Å². The Bertz CT molecular complexity index is 655. The number of rotatable bonds is 10. The zero-order valence-electron chi connectivity index (χ0n) is 14.6. The van der Waals surface area contributed by atoms with Gasteiger partial charge in [-0.3, -0.25) is 0 Å². The van der Waals surface area contributed by atoms with Crippen LogP contribution < -0.4 is 10.1 Å². The maximum absolute atomic E-state index is 5.75. The van der Waals surface area contributed by atoms with Crippen molar-refractivity contribution in [1.29, 1.82) is 0 Å². The molecule has 4 nitrogen and oxygen atoms in total. The van der Waals surface area contributed by atoms with E-state index in [4.69, 9.17) is 14.2 Å². The molecule has 3 rings (SSSR count). The SMILES string of the molecule is COc1ccc(CO/C=C/C[C@H]2N[C@@H]2COCc2ccccc2)cc1. The zero-order valence-corrected chi connectivity index (χ0v) is 14.6. The van der Waals surface area contributed by atoms with E-state index in [0.29, 0.717) is 25.3 Å². The Kier molecular flexibility index (Phi) is 6.48. The second-order valence-electron chi connectivity index (χ2n) is 6.15. The largest absolute Gasteiger partial charge is 0.497 e. The number of benzene rings is 2. The lowest BCUT2D eigenvalue weighted by atomic mass is 10.2. The van der Waals surface area contributed by atoms with Gasteiger partial charge in [-0.2, -0.15) is 0 Å². The van der Waals surface area contributed by atoms with Crippen molar-refractivity contribution in [1.82, 2.24) is 5.32 Å². The molecule has 25 heavy (non-hydrogen) atoms. The Balaban J connectivity index is 1.25. The van der Waals surface area contributed by atoms with Crippen LogP contribution in [-0.4, -0.2) is 25.8 Å². The molecular formula is C21H25NO3. The normalized spacial score (nSPS) is 19.1. The minimum absolute atomic E-state index is 0.454. The first-order valence-corrected chi connectivity index (χ1v) is 8.62. The maximum atomic E-state index is 5.75. The number of hydrogen-bond acceptors (Lipinski definition) is 4. The van der Waals surface area contributed by atoms with Gasteiger partial charge in [0.05, 0.1) is 26.6 Å². The molecule has 1 heterocycles. The quantitative estimate of drug-likeness (QED) is 0.530. The third-order valence-electron chi connectivity index (χ3n) is 4.21. The van der Waals surface area contributed by atoms with Gasteiger partial charge < -0.3 is 19.5 Å². The summed E-state index contributed by atoms with van der Waals surface area (Å²) < 4.78 is 16.5. The standard InChI is InChI=1S/C21H25NO3/c1-23-19-11-9-18(10-12-19)14-24-13-5-8-20-21(22-20)16-25-15-17-6-3-2-4-7-17/h2-7,9-13,20-22H,8,14-16H2,1H3/b13-5+/t20-,21-/m1/s1. The van der Waals surface area contributed by atoms with Crippen molar-refractivity contribution in [2.45, 2.75) is 31.7 Å². The Morgan fingerprint density at radius 3 is 2.44 bits per heavy atom. The average molecular weight is 339 g/mol. The number of methoxy groups -OCH3 is 1. The monoisotopic (exact) mass is 339 g/mol. The van der Waals surface area contributed by atoms with Crippen LogP contribution in [0.4, 0.5) is 0 Å². The van der Waals surface area contributed by atoms with E-state index in [0.717, 1.165) is 24.3 Å². The van der Waals surface area contributed by atoms with Crippen molar-refractivity contribution in [3.05, 3.63) is 78.1 Å². The van der Waals surface area contributed by atoms with E-state index in [-0.39, 0.29) is 0 Å². The van der Waals surface area contributed by atoms with Crippen LogP contribution in [-0.2, 0) is 22.7 Å². The van der Waals surface area contributed by atoms with Gasteiger partial charge in [-0.05, 0) is 35.8 Å². The van der Waals surface area contributed by atoms with E-state index in [9.17, 15) is 0 Å². The van der Waals surface area contributed by atoms with Crippen LogP contribution in [0.2, 0.25) is 0 Å². The molecule has 0 radical (unpaired) electrons. The molecule has 1 aliphatic rings. The van der Waals surface area contributed by atoms with Gasteiger partial charge in [-0.15, -0.1) is 0 Å². The third kappa shape index (κ3) is 5.93. The van der Waals surface area contributed by atoms with Gasteiger partial charge >= 0.3 is 0 Å². The van der Waals surface area contributed by atoms with Crippen LogP contribution in [0.5, 0.6) is 5.75 Å². The van der Waals surface area contributed by atoms with Crippen molar-refractivity contribution in [3.63, 3.8) is 0 Å². The first-order chi connectivity index (χ1) is 12.3. The molecule has 4 heteroatoms. The molecular weight excluding hydrogens is 314 g/mol. The highest BCUT2D eigenvalue weighted by atomic mass is 16.5. The summed E-state index contributed by atoms with van der Waals surface area (Å²) in [6.45, 7) is 1.99. The van der Waals surface area contributed by atoms with Crippen molar-refractivity contribution < 1.29 is 14.2 Å². The van der Waals surface area contributed by atoms with E-state index < -0.39 is 0 Å². The molecule has 1 aliphatic heterocycles. The van der Waals surface area contributed by atoms with Gasteiger partial charge in [-0.25, -0.2) is 0 Å². The Hall–Kier alpha value is -2.30. The zero-order chi connectivity index (χ0) is 17.3. The highest BCUT2D eigenvalue weighted by Gasteiger charge is 2.34. The predicted molar refractivity (Wildman–Crippen MR) is 98.3 cm³/mol. The lowest BCUT2D eigenvalue weighted by molar-refractivity contribution is 0.121. The molecule has 2 atom stereocenters. The molecule has 0 bridgehead atoms. The van der Waals surface area contributed by atoms with Crippen molar-refractivity contribution in [2.24, 2.45) is 0 Å². The minimum Gasteiger partial charge on any atom is -0.497 e. The molecule has 0 unspecified atom stereocenters. The van der Waals surface area contributed by atoms with E-state index in [1.54, 1.807) is 13.4 Å². The van der Waals surface area contributed by atoms with E-state index in [1.165, 1.54) is 5.56 Å². The van der Waals surface area contributed by atoms with Gasteiger partial charge in [0.2, 0.25) is 0 Å². The number of ether oxygens (including phenoxy) is 3. The summed E-state index contributed by atoms with van der Waals surface area (Å²) in [6, 6.07) is 19.1. The number of hydrogen-bond donors (Lipinski definition) is 1. The summed E-state index contributed by atoms with van der Waals surface area (Å²) in [7, 11) is 1.67. The molecule has 2 aromatic carbocycles. The smallest absolute Gasteiger partial charge is 0.118 e. The Labute approximate surface area is 149 Å². The molecule has 2 aromatic rings. The van der Waals surface area contributed by atoms with Crippen molar-refractivity contribution >= 4 is 0 Å². The molecule has 1 N–H and O–H groups in total. The Morgan fingerprint density at radius 2 is 1.68 bits per heavy atom. The molecule has 0 spiro atoms. The fourth-order valence-corrected chi connectivity index (χ4v) is 2.63. The summed E-state index contributed by atoms with van der Waals surface area (Å²) in [6.07, 6.45) is 4.81. The molecule has 0 saturated carbocycles. The highest BCUT2D eigenvalue weighted by Crippen LogP contribution is 2.17. The minimum atomic E-state index is 0.454. The molecule has 0 amide bonds. The first kappa shape index (κ1) is 17.5. The lowest BCUT2D eigenvalue weighted by Gasteiger charge is -2.03. The van der Waals surface area contributed by atoms with Crippen molar-refractivity contribution in [2.75, 3.05) is 13.7 Å². The van der Waals surface area contributed by atoms with E-state index >= 15 is 0 Å². The Morgan fingerprint density at radius 1 is 0.920 bits per heavy atom. The van der Waals surface area contributed by atoms with E-state index in [1.807, 2.05) is 42.5 Å². The van der Waals surface area contributed by atoms with Gasteiger partial charge in [-0.1, -0.05) is 42.5 Å². The van der Waals surface area contributed by atoms with Crippen LogP contribution >= 0.6 is 0 Å². The molecule has 0 aliphatic carbocycles. The molecule has 0 aromatic heterocycles. The van der Waals surface area contributed by atoms with Crippen molar-refractivity contribution in [3.8, 4) is 5.75 Å². The predicted octanol–water partition coefficient (Wildman–Crippen LogP) is 3.67.